The number of likely N-dealkylation sites (tertiary alicyclic amines) is 1. The van der Waals surface area contributed by atoms with Gasteiger partial charge in [0, 0.05) is 24.9 Å². The summed E-state index contributed by atoms with van der Waals surface area (Å²) in [6.07, 6.45) is 7.87. The summed E-state index contributed by atoms with van der Waals surface area (Å²) >= 11 is 0. The predicted octanol–water partition coefficient (Wildman–Crippen LogP) is 4.11. The van der Waals surface area contributed by atoms with Crippen LogP contribution in [0.3, 0.4) is 0 Å². The van der Waals surface area contributed by atoms with Gasteiger partial charge >= 0.3 is 0 Å². The van der Waals surface area contributed by atoms with Crippen LogP contribution in [0.1, 0.15) is 56.4 Å². The van der Waals surface area contributed by atoms with E-state index in [1.54, 1.807) is 0 Å². The van der Waals surface area contributed by atoms with Gasteiger partial charge in [-0.3, -0.25) is 4.79 Å². The van der Waals surface area contributed by atoms with Crippen LogP contribution in [-0.2, 0) is 4.79 Å². The Hall–Kier alpha value is -1.38. The van der Waals surface area contributed by atoms with Gasteiger partial charge in [0.1, 0.15) is 5.82 Å². The Morgan fingerprint density at radius 2 is 1.67 bits per heavy atom. The molecule has 0 spiro atoms. The molecule has 1 aromatic carbocycles. The van der Waals surface area contributed by atoms with Gasteiger partial charge in [-0.25, -0.2) is 4.39 Å². The number of hydrogen-bond acceptors (Lipinski definition) is 1. The molecule has 3 heteroatoms. The molecule has 1 heterocycles. The van der Waals surface area contributed by atoms with Crippen LogP contribution in [0.25, 0.3) is 0 Å². The fourth-order valence-corrected chi connectivity index (χ4v) is 3.78. The number of benzene rings is 1. The van der Waals surface area contributed by atoms with Gasteiger partial charge in [0.2, 0.25) is 5.91 Å². The lowest BCUT2D eigenvalue weighted by Crippen LogP contribution is -2.37. The molecule has 2 fully saturated rings. The summed E-state index contributed by atoms with van der Waals surface area (Å²) in [6, 6.07) is 6.82. The molecule has 2 aliphatic rings. The molecule has 1 unspecified atom stereocenters. The first-order valence-corrected chi connectivity index (χ1v) is 8.28. The van der Waals surface area contributed by atoms with E-state index in [4.69, 9.17) is 0 Å². The minimum absolute atomic E-state index is 0.189. The predicted molar refractivity (Wildman–Crippen MR) is 81.5 cm³/mol. The van der Waals surface area contributed by atoms with E-state index >= 15 is 0 Å². The molecule has 114 valence electrons. The first-order chi connectivity index (χ1) is 10.2. The Morgan fingerprint density at radius 3 is 2.38 bits per heavy atom. The van der Waals surface area contributed by atoms with Crippen LogP contribution in [0.2, 0.25) is 0 Å². The Morgan fingerprint density at radius 1 is 1.00 bits per heavy atom. The molecule has 0 aromatic heterocycles. The fourth-order valence-electron chi connectivity index (χ4n) is 3.78. The van der Waals surface area contributed by atoms with Crippen molar-refractivity contribution in [2.45, 2.75) is 50.9 Å². The van der Waals surface area contributed by atoms with Crippen LogP contribution in [0.5, 0.6) is 0 Å². The van der Waals surface area contributed by atoms with Crippen LogP contribution >= 0.6 is 0 Å². The molecule has 1 amide bonds. The largest absolute Gasteiger partial charge is 0.342 e. The van der Waals surface area contributed by atoms with Gasteiger partial charge < -0.3 is 4.90 Å². The van der Waals surface area contributed by atoms with Crippen molar-refractivity contribution >= 4 is 5.91 Å². The molecule has 1 aliphatic heterocycles. The molecule has 1 aliphatic carbocycles. The molecular formula is C18H24FNO. The number of nitrogens with zero attached hydrogens (tertiary/aromatic N) is 1. The van der Waals surface area contributed by atoms with Gasteiger partial charge in [-0.15, -0.1) is 0 Å². The number of carbonyl (C=O) groups excluding carboxylic acids is 1. The zero-order valence-corrected chi connectivity index (χ0v) is 12.6. The molecule has 2 nitrogen and oxygen atoms in total. The van der Waals surface area contributed by atoms with Crippen molar-refractivity contribution in [3.8, 4) is 0 Å². The first-order valence-electron chi connectivity index (χ1n) is 8.28. The molecule has 0 N–H and O–H groups in total. The minimum atomic E-state index is -0.189. The molecule has 1 saturated heterocycles. The second-order valence-electron chi connectivity index (χ2n) is 6.51. The number of halogens is 1. The van der Waals surface area contributed by atoms with Crippen LogP contribution in [0.4, 0.5) is 4.39 Å². The number of rotatable bonds is 2. The van der Waals surface area contributed by atoms with E-state index in [9.17, 15) is 9.18 Å². The van der Waals surface area contributed by atoms with Gasteiger partial charge in [0.05, 0.1) is 0 Å². The smallest absolute Gasteiger partial charge is 0.225 e. The van der Waals surface area contributed by atoms with Gasteiger partial charge in [-0.1, -0.05) is 31.4 Å². The second-order valence-corrected chi connectivity index (χ2v) is 6.51. The van der Waals surface area contributed by atoms with Crippen LogP contribution in [0.15, 0.2) is 24.3 Å². The van der Waals surface area contributed by atoms with Crippen molar-refractivity contribution in [3.05, 3.63) is 35.6 Å². The van der Waals surface area contributed by atoms with Crippen LogP contribution in [-0.4, -0.2) is 23.9 Å². The monoisotopic (exact) mass is 289 g/mol. The Labute approximate surface area is 126 Å². The van der Waals surface area contributed by atoms with E-state index in [1.165, 1.54) is 30.5 Å². The SMILES string of the molecule is O=C(C1CCCC1)N1CCCCC(c2ccc(F)cc2)C1. The molecule has 0 bridgehead atoms. The topological polar surface area (TPSA) is 20.3 Å². The van der Waals surface area contributed by atoms with E-state index in [2.05, 4.69) is 4.90 Å². The van der Waals surface area contributed by atoms with E-state index in [0.29, 0.717) is 11.8 Å². The Kier molecular flexibility index (Phi) is 4.57. The number of amides is 1. The maximum absolute atomic E-state index is 13.1. The molecule has 3 rings (SSSR count). The highest BCUT2D eigenvalue weighted by atomic mass is 19.1. The van der Waals surface area contributed by atoms with Crippen molar-refractivity contribution in [1.29, 1.82) is 0 Å². The van der Waals surface area contributed by atoms with Gasteiger partial charge in [0.15, 0.2) is 0 Å². The first kappa shape index (κ1) is 14.6. The summed E-state index contributed by atoms with van der Waals surface area (Å²) in [7, 11) is 0. The quantitative estimate of drug-likeness (QED) is 0.802. The van der Waals surface area contributed by atoms with Crippen molar-refractivity contribution < 1.29 is 9.18 Å². The lowest BCUT2D eigenvalue weighted by atomic mass is 9.94. The zero-order chi connectivity index (χ0) is 14.7. The van der Waals surface area contributed by atoms with E-state index in [1.807, 2.05) is 12.1 Å². The highest BCUT2D eigenvalue weighted by Gasteiger charge is 2.30. The fraction of sp³-hybridized carbons (Fsp3) is 0.611. The highest BCUT2D eigenvalue weighted by Crippen LogP contribution is 2.31. The molecule has 21 heavy (non-hydrogen) atoms. The molecular weight excluding hydrogens is 265 g/mol. The summed E-state index contributed by atoms with van der Waals surface area (Å²) < 4.78 is 13.1. The third-order valence-corrected chi connectivity index (χ3v) is 5.03. The molecule has 1 aromatic rings. The number of carbonyl (C=O) groups is 1. The summed E-state index contributed by atoms with van der Waals surface area (Å²) in [5, 5.41) is 0. The Bertz CT molecular complexity index is 478. The maximum Gasteiger partial charge on any atom is 0.225 e. The van der Waals surface area contributed by atoms with E-state index in [0.717, 1.165) is 45.2 Å². The summed E-state index contributed by atoms with van der Waals surface area (Å²) in [6.45, 7) is 1.70. The van der Waals surface area contributed by atoms with Crippen LogP contribution in [0, 0.1) is 11.7 Å². The van der Waals surface area contributed by atoms with Crippen molar-refractivity contribution in [1.82, 2.24) is 4.90 Å². The Balaban J connectivity index is 1.70. The normalized spacial score (nSPS) is 24.0. The summed E-state index contributed by atoms with van der Waals surface area (Å²) in [4.78, 5) is 14.7. The lowest BCUT2D eigenvalue weighted by molar-refractivity contribution is -0.135. The maximum atomic E-state index is 13.1. The summed E-state index contributed by atoms with van der Waals surface area (Å²) in [5.41, 5.74) is 1.17. The minimum Gasteiger partial charge on any atom is -0.342 e. The van der Waals surface area contributed by atoms with Gasteiger partial charge in [-0.2, -0.15) is 0 Å². The van der Waals surface area contributed by atoms with Crippen molar-refractivity contribution in [2.75, 3.05) is 13.1 Å². The van der Waals surface area contributed by atoms with Gasteiger partial charge in [-0.05, 0) is 43.4 Å². The van der Waals surface area contributed by atoms with Gasteiger partial charge in [0.25, 0.3) is 0 Å². The standard InChI is InChI=1S/C18H24FNO/c19-17-10-8-14(9-11-17)16-7-3-4-12-20(13-16)18(21)15-5-1-2-6-15/h8-11,15-16H,1-7,12-13H2. The van der Waals surface area contributed by atoms with Crippen molar-refractivity contribution in [2.24, 2.45) is 5.92 Å². The van der Waals surface area contributed by atoms with Crippen LogP contribution < -0.4 is 0 Å². The third kappa shape index (κ3) is 3.45. The third-order valence-electron chi connectivity index (χ3n) is 5.03. The second kappa shape index (κ2) is 6.59. The number of hydrogen-bond donors (Lipinski definition) is 0. The highest BCUT2D eigenvalue weighted by molar-refractivity contribution is 5.79. The average Bonchev–Trinajstić information content (AvgIpc) is 2.92. The average molecular weight is 289 g/mol. The molecule has 0 radical (unpaired) electrons. The molecule has 1 atom stereocenters. The molecule has 1 saturated carbocycles. The zero-order valence-electron chi connectivity index (χ0n) is 12.6. The lowest BCUT2D eigenvalue weighted by Gasteiger charge is -2.27. The van der Waals surface area contributed by atoms with E-state index < -0.39 is 0 Å². The van der Waals surface area contributed by atoms with E-state index in [-0.39, 0.29) is 11.7 Å². The summed E-state index contributed by atoms with van der Waals surface area (Å²) in [5.74, 6) is 0.795. The van der Waals surface area contributed by atoms with Crippen molar-refractivity contribution in [3.63, 3.8) is 0 Å².